The molecule has 2 N–H and O–H groups in total. The van der Waals surface area contributed by atoms with Gasteiger partial charge in [0.2, 0.25) is 11.8 Å². The fourth-order valence-electron chi connectivity index (χ4n) is 3.99. The number of unbranched alkanes of at least 4 members (excludes halogenated alkanes) is 1. The van der Waals surface area contributed by atoms with Gasteiger partial charge in [-0.05, 0) is 90.8 Å². The van der Waals surface area contributed by atoms with Crippen molar-refractivity contribution < 1.29 is 19.1 Å². The molecule has 7 heteroatoms. The van der Waals surface area contributed by atoms with E-state index in [1.54, 1.807) is 25.7 Å². The van der Waals surface area contributed by atoms with Crippen LogP contribution in [0.4, 0.5) is 4.79 Å². The molecule has 36 heavy (non-hydrogen) atoms. The number of hydrogen-bond acceptors (Lipinski definition) is 4. The maximum Gasteiger partial charge on any atom is 0.408 e. The van der Waals surface area contributed by atoms with Crippen molar-refractivity contribution in [2.24, 2.45) is 5.92 Å². The van der Waals surface area contributed by atoms with Crippen molar-refractivity contribution in [3.63, 3.8) is 0 Å². The standard InChI is InChI=1S/C29H49N3O4/c1-12-13-16-30-25(33)24(22-15-14-20(4)21(5)18-22)32(28(6,7)8)26(34)23(17-19(2)3)31-27(35)36-29(9,10)11/h14-15,18-19,23-24H,12-13,16-17H2,1-11H3,(H,30,33)(H,31,35). The Hall–Kier alpha value is -2.57. The van der Waals surface area contributed by atoms with E-state index in [9.17, 15) is 14.4 Å². The highest BCUT2D eigenvalue weighted by atomic mass is 16.6. The Kier molecular flexibility index (Phi) is 11.5. The number of carbonyl (C=O) groups excluding carboxylic acids is 3. The van der Waals surface area contributed by atoms with Gasteiger partial charge in [-0.15, -0.1) is 0 Å². The zero-order valence-corrected chi connectivity index (χ0v) is 24.4. The summed E-state index contributed by atoms with van der Waals surface area (Å²) in [5.74, 6) is -0.402. The van der Waals surface area contributed by atoms with Crippen LogP contribution in [0.2, 0.25) is 0 Å². The molecule has 0 aromatic heterocycles. The van der Waals surface area contributed by atoms with Gasteiger partial charge < -0.3 is 20.3 Å². The third-order valence-electron chi connectivity index (χ3n) is 5.84. The molecule has 1 rings (SSSR count). The number of benzene rings is 1. The van der Waals surface area contributed by atoms with Gasteiger partial charge in [-0.1, -0.05) is 45.4 Å². The Labute approximate surface area is 218 Å². The molecule has 2 atom stereocenters. The van der Waals surface area contributed by atoms with E-state index in [4.69, 9.17) is 4.74 Å². The molecule has 0 heterocycles. The zero-order chi connectivity index (χ0) is 27.8. The van der Waals surface area contributed by atoms with Crippen LogP contribution >= 0.6 is 0 Å². The first kappa shape index (κ1) is 31.5. The number of nitrogens with one attached hydrogen (secondary N) is 2. The monoisotopic (exact) mass is 503 g/mol. The van der Waals surface area contributed by atoms with Crippen LogP contribution in [-0.2, 0) is 14.3 Å². The number of carbonyl (C=O) groups is 3. The molecule has 1 aromatic carbocycles. The van der Waals surface area contributed by atoms with Crippen molar-refractivity contribution in [1.82, 2.24) is 15.5 Å². The number of alkyl carbamates (subject to hydrolysis) is 1. The summed E-state index contributed by atoms with van der Waals surface area (Å²) in [5.41, 5.74) is 1.51. The average Bonchev–Trinajstić information content (AvgIpc) is 2.70. The Bertz CT molecular complexity index is 897. The van der Waals surface area contributed by atoms with Gasteiger partial charge in [0.05, 0.1) is 0 Å². The fraction of sp³-hybridized carbons (Fsp3) is 0.690. The van der Waals surface area contributed by atoms with Crippen molar-refractivity contribution in [2.45, 2.75) is 119 Å². The minimum atomic E-state index is -0.844. The highest BCUT2D eigenvalue weighted by Crippen LogP contribution is 2.32. The van der Waals surface area contributed by atoms with Gasteiger partial charge >= 0.3 is 6.09 Å². The molecule has 0 aliphatic carbocycles. The maximum atomic E-state index is 14.2. The lowest BCUT2D eigenvalue weighted by atomic mass is 9.92. The van der Waals surface area contributed by atoms with Crippen LogP contribution in [0, 0.1) is 19.8 Å². The molecule has 3 amide bonds. The molecule has 1 aromatic rings. The second kappa shape index (κ2) is 13.1. The summed E-state index contributed by atoms with van der Waals surface area (Å²) < 4.78 is 5.45. The predicted octanol–water partition coefficient (Wildman–Crippen LogP) is 5.83. The van der Waals surface area contributed by atoms with Crippen molar-refractivity contribution >= 4 is 17.9 Å². The molecule has 7 nitrogen and oxygen atoms in total. The highest BCUT2D eigenvalue weighted by molar-refractivity contribution is 5.92. The number of ether oxygens (including phenoxy) is 1. The Balaban J connectivity index is 3.56. The minimum absolute atomic E-state index is 0.133. The molecule has 0 saturated carbocycles. The maximum absolute atomic E-state index is 14.2. The lowest BCUT2D eigenvalue weighted by Gasteiger charge is -2.43. The summed E-state index contributed by atoms with van der Waals surface area (Å²) in [4.78, 5) is 42.2. The molecular formula is C29H49N3O4. The van der Waals surface area contributed by atoms with Crippen molar-refractivity contribution in [3.05, 3.63) is 34.9 Å². The molecule has 0 radical (unpaired) electrons. The first-order chi connectivity index (χ1) is 16.5. The number of rotatable bonds is 10. The van der Waals surface area contributed by atoms with E-state index >= 15 is 0 Å². The number of nitrogens with zero attached hydrogens (tertiary/aromatic N) is 1. The lowest BCUT2D eigenvalue weighted by Crippen LogP contribution is -2.58. The molecule has 0 saturated heterocycles. The van der Waals surface area contributed by atoms with Crippen LogP contribution in [0.1, 0.15) is 104 Å². The fourth-order valence-corrected chi connectivity index (χ4v) is 3.99. The van der Waals surface area contributed by atoms with E-state index < -0.39 is 29.3 Å². The summed E-state index contributed by atoms with van der Waals surface area (Å²) in [5, 5.41) is 5.82. The molecule has 0 aliphatic rings. The van der Waals surface area contributed by atoms with Gasteiger partial charge in [-0.3, -0.25) is 9.59 Å². The van der Waals surface area contributed by atoms with E-state index in [0.29, 0.717) is 13.0 Å². The average molecular weight is 504 g/mol. The third-order valence-corrected chi connectivity index (χ3v) is 5.84. The molecule has 2 unspecified atom stereocenters. The topological polar surface area (TPSA) is 87.7 Å². The van der Waals surface area contributed by atoms with E-state index in [-0.39, 0.29) is 17.7 Å². The van der Waals surface area contributed by atoms with Gasteiger partial charge in [0, 0.05) is 12.1 Å². The van der Waals surface area contributed by atoms with Crippen molar-refractivity contribution in [1.29, 1.82) is 0 Å². The first-order valence-electron chi connectivity index (χ1n) is 13.2. The second-order valence-corrected chi connectivity index (χ2v) is 12.1. The van der Waals surface area contributed by atoms with Crippen molar-refractivity contribution in [2.75, 3.05) is 6.54 Å². The van der Waals surface area contributed by atoms with Crippen molar-refractivity contribution in [3.8, 4) is 0 Å². The molecular weight excluding hydrogens is 454 g/mol. The van der Waals surface area contributed by atoms with Crippen LogP contribution < -0.4 is 10.6 Å². The van der Waals surface area contributed by atoms with Crippen LogP contribution in [0.25, 0.3) is 0 Å². The predicted molar refractivity (Wildman–Crippen MR) is 146 cm³/mol. The largest absolute Gasteiger partial charge is 0.444 e. The van der Waals surface area contributed by atoms with Crippen LogP contribution in [0.15, 0.2) is 18.2 Å². The third kappa shape index (κ3) is 9.82. The number of aryl methyl sites for hydroxylation is 2. The van der Waals surface area contributed by atoms with Gasteiger partial charge in [-0.25, -0.2) is 4.79 Å². The van der Waals surface area contributed by atoms with Gasteiger partial charge in [0.25, 0.3) is 0 Å². The van der Waals surface area contributed by atoms with E-state index in [1.807, 2.05) is 66.7 Å². The van der Waals surface area contributed by atoms with Crippen LogP contribution in [0.5, 0.6) is 0 Å². The number of amides is 3. The van der Waals surface area contributed by atoms with Gasteiger partial charge in [-0.2, -0.15) is 0 Å². The minimum Gasteiger partial charge on any atom is -0.444 e. The zero-order valence-electron chi connectivity index (χ0n) is 24.4. The van der Waals surface area contributed by atoms with Gasteiger partial charge in [0.15, 0.2) is 0 Å². The Morgan fingerprint density at radius 3 is 2.08 bits per heavy atom. The quantitative estimate of drug-likeness (QED) is 0.393. The van der Waals surface area contributed by atoms with E-state index in [1.165, 1.54) is 0 Å². The smallest absolute Gasteiger partial charge is 0.408 e. The molecule has 0 bridgehead atoms. The molecule has 204 valence electrons. The first-order valence-corrected chi connectivity index (χ1v) is 13.2. The summed E-state index contributed by atoms with van der Waals surface area (Å²) in [6.45, 7) is 21.7. The van der Waals surface area contributed by atoms with Crippen LogP contribution in [-0.4, -0.2) is 46.5 Å². The summed E-state index contributed by atoms with van der Waals surface area (Å²) in [7, 11) is 0. The molecule has 0 spiro atoms. The molecule has 0 aliphatic heterocycles. The highest BCUT2D eigenvalue weighted by Gasteiger charge is 2.42. The normalized spacial score (nSPS) is 13.7. The SMILES string of the molecule is CCCCNC(=O)C(c1ccc(C)c(C)c1)N(C(=O)C(CC(C)C)NC(=O)OC(C)(C)C)C(C)(C)C. The summed E-state index contributed by atoms with van der Waals surface area (Å²) in [6.07, 6.45) is 1.57. The Morgan fingerprint density at radius 1 is 1.00 bits per heavy atom. The van der Waals surface area contributed by atoms with E-state index in [2.05, 4.69) is 17.6 Å². The van der Waals surface area contributed by atoms with Gasteiger partial charge in [0.1, 0.15) is 17.7 Å². The Morgan fingerprint density at radius 2 is 1.61 bits per heavy atom. The molecule has 0 fully saturated rings. The second-order valence-electron chi connectivity index (χ2n) is 12.1. The summed E-state index contributed by atoms with van der Waals surface area (Å²) in [6, 6.07) is 4.19. The van der Waals surface area contributed by atoms with Crippen LogP contribution in [0.3, 0.4) is 0 Å². The summed E-state index contributed by atoms with van der Waals surface area (Å²) >= 11 is 0. The number of hydrogen-bond donors (Lipinski definition) is 2. The van der Waals surface area contributed by atoms with E-state index in [0.717, 1.165) is 29.5 Å². The lowest BCUT2D eigenvalue weighted by molar-refractivity contribution is -0.148.